The molecule has 0 bridgehead atoms. The molecule has 0 aliphatic heterocycles. The summed E-state index contributed by atoms with van der Waals surface area (Å²) in [5.41, 5.74) is 1.92. The number of aliphatic hydroxyl groups excluding tert-OH is 1. The SMILES string of the molecule is Cc1cc(C(O)Cc2ccc(Cl)c(F)c2)sc1C. The smallest absolute Gasteiger partial charge is 0.142 e. The summed E-state index contributed by atoms with van der Waals surface area (Å²) < 4.78 is 13.3. The first-order chi connectivity index (χ1) is 8.47. The molecule has 1 aromatic heterocycles. The van der Waals surface area contributed by atoms with E-state index in [2.05, 4.69) is 0 Å². The van der Waals surface area contributed by atoms with Crippen molar-refractivity contribution in [3.63, 3.8) is 0 Å². The molecular formula is C14H14ClFOS. The zero-order valence-electron chi connectivity index (χ0n) is 10.2. The van der Waals surface area contributed by atoms with E-state index in [0.29, 0.717) is 6.42 Å². The van der Waals surface area contributed by atoms with Crippen LogP contribution in [0, 0.1) is 19.7 Å². The van der Waals surface area contributed by atoms with E-state index in [1.807, 2.05) is 19.9 Å². The number of halogens is 2. The van der Waals surface area contributed by atoms with E-state index in [1.165, 1.54) is 22.6 Å². The van der Waals surface area contributed by atoms with Gasteiger partial charge in [0, 0.05) is 16.2 Å². The van der Waals surface area contributed by atoms with E-state index in [-0.39, 0.29) is 5.02 Å². The van der Waals surface area contributed by atoms with E-state index in [1.54, 1.807) is 17.4 Å². The minimum atomic E-state index is -0.594. The molecular weight excluding hydrogens is 271 g/mol. The van der Waals surface area contributed by atoms with Crippen LogP contribution >= 0.6 is 22.9 Å². The lowest BCUT2D eigenvalue weighted by Gasteiger charge is -2.09. The standard InChI is InChI=1S/C14H14ClFOS/c1-8-5-14(18-9(8)2)13(17)7-10-3-4-11(15)12(16)6-10/h3-6,13,17H,7H2,1-2H3. The van der Waals surface area contributed by atoms with Crippen molar-refractivity contribution in [3.8, 4) is 0 Å². The average Bonchev–Trinajstić information content (AvgIpc) is 2.65. The quantitative estimate of drug-likeness (QED) is 0.884. The highest BCUT2D eigenvalue weighted by Crippen LogP contribution is 2.29. The number of benzene rings is 1. The first-order valence-electron chi connectivity index (χ1n) is 5.66. The summed E-state index contributed by atoms with van der Waals surface area (Å²) in [5.74, 6) is -0.445. The van der Waals surface area contributed by atoms with Crippen LogP contribution in [0.1, 0.15) is 27.0 Å². The number of rotatable bonds is 3. The number of hydrogen-bond donors (Lipinski definition) is 1. The molecule has 18 heavy (non-hydrogen) atoms. The van der Waals surface area contributed by atoms with Crippen molar-refractivity contribution in [1.29, 1.82) is 0 Å². The molecule has 1 atom stereocenters. The Labute approximate surface area is 115 Å². The Hall–Kier alpha value is -0.900. The fraction of sp³-hybridized carbons (Fsp3) is 0.286. The molecule has 0 aliphatic rings. The van der Waals surface area contributed by atoms with Gasteiger partial charge in [0.15, 0.2) is 0 Å². The van der Waals surface area contributed by atoms with Crippen LogP contribution in [0.5, 0.6) is 0 Å². The monoisotopic (exact) mass is 284 g/mol. The normalized spacial score (nSPS) is 12.7. The van der Waals surface area contributed by atoms with Gasteiger partial charge in [-0.3, -0.25) is 0 Å². The molecule has 0 saturated carbocycles. The molecule has 0 amide bonds. The van der Waals surface area contributed by atoms with Gasteiger partial charge in [-0.05, 0) is 43.2 Å². The van der Waals surface area contributed by atoms with Gasteiger partial charge in [-0.1, -0.05) is 17.7 Å². The van der Waals surface area contributed by atoms with Crippen LogP contribution in [-0.2, 0) is 6.42 Å². The molecule has 2 rings (SSSR count). The van der Waals surface area contributed by atoms with Crippen LogP contribution < -0.4 is 0 Å². The second-order valence-electron chi connectivity index (χ2n) is 4.36. The molecule has 0 fully saturated rings. The van der Waals surface area contributed by atoms with Crippen molar-refractivity contribution in [2.75, 3.05) is 0 Å². The van der Waals surface area contributed by atoms with Gasteiger partial charge in [0.05, 0.1) is 11.1 Å². The maximum atomic E-state index is 13.3. The zero-order chi connectivity index (χ0) is 13.3. The van der Waals surface area contributed by atoms with E-state index < -0.39 is 11.9 Å². The molecule has 1 N–H and O–H groups in total. The van der Waals surface area contributed by atoms with Crippen molar-refractivity contribution in [2.24, 2.45) is 0 Å². The first kappa shape index (κ1) is 13.5. The minimum Gasteiger partial charge on any atom is -0.387 e. The largest absolute Gasteiger partial charge is 0.387 e. The molecule has 0 spiro atoms. The lowest BCUT2D eigenvalue weighted by atomic mass is 10.1. The fourth-order valence-corrected chi connectivity index (χ4v) is 2.90. The topological polar surface area (TPSA) is 20.2 Å². The number of hydrogen-bond acceptors (Lipinski definition) is 2. The lowest BCUT2D eigenvalue weighted by Crippen LogP contribution is -2.00. The molecule has 1 nitrogen and oxygen atoms in total. The molecule has 4 heteroatoms. The van der Waals surface area contributed by atoms with Gasteiger partial charge in [0.2, 0.25) is 0 Å². The van der Waals surface area contributed by atoms with E-state index in [4.69, 9.17) is 11.6 Å². The molecule has 0 radical (unpaired) electrons. The third-order valence-electron chi connectivity index (χ3n) is 2.93. The summed E-state index contributed by atoms with van der Waals surface area (Å²) in [6.45, 7) is 4.04. The number of aryl methyl sites for hydroxylation is 2. The Balaban J connectivity index is 2.15. The predicted molar refractivity (Wildman–Crippen MR) is 73.9 cm³/mol. The molecule has 0 aliphatic carbocycles. The van der Waals surface area contributed by atoms with Gasteiger partial charge in [0.25, 0.3) is 0 Å². The van der Waals surface area contributed by atoms with Crippen LogP contribution in [-0.4, -0.2) is 5.11 Å². The maximum absolute atomic E-state index is 13.3. The lowest BCUT2D eigenvalue weighted by molar-refractivity contribution is 0.182. The summed E-state index contributed by atoms with van der Waals surface area (Å²) in [5, 5.41) is 10.2. The van der Waals surface area contributed by atoms with E-state index in [0.717, 1.165) is 10.4 Å². The third kappa shape index (κ3) is 2.91. The van der Waals surface area contributed by atoms with Gasteiger partial charge in [-0.25, -0.2) is 4.39 Å². The second-order valence-corrected chi connectivity index (χ2v) is 6.05. The number of aliphatic hydroxyl groups is 1. The Bertz CT molecular complexity index is 545. The second kappa shape index (κ2) is 5.39. The van der Waals surface area contributed by atoms with Crippen LogP contribution in [0.15, 0.2) is 24.3 Å². The van der Waals surface area contributed by atoms with Gasteiger partial charge >= 0.3 is 0 Å². The van der Waals surface area contributed by atoms with Crippen molar-refractivity contribution in [3.05, 3.63) is 56.0 Å². The van der Waals surface area contributed by atoms with Crippen molar-refractivity contribution >= 4 is 22.9 Å². The predicted octanol–water partition coefficient (Wildman–Crippen LogP) is 4.43. The molecule has 0 saturated heterocycles. The highest BCUT2D eigenvalue weighted by molar-refractivity contribution is 7.12. The Morgan fingerprint density at radius 3 is 2.61 bits per heavy atom. The Morgan fingerprint density at radius 1 is 1.33 bits per heavy atom. The summed E-state index contributed by atoms with van der Waals surface area (Å²) in [4.78, 5) is 2.12. The van der Waals surface area contributed by atoms with Crippen molar-refractivity contribution < 1.29 is 9.50 Å². The minimum absolute atomic E-state index is 0.107. The highest BCUT2D eigenvalue weighted by atomic mass is 35.5. The molecule has 1 aromatic carbocycles. The van der Waals surface area contributed by atoms with Crippen LogP contribution in [0.25, 0.3) is 0 Å². The fourth-order valence-electron chi connectivity index (χ4n) is 1.76. The van der Waals surface area contributed by atoms with Crippen LogP contribution in [0.3, 0.4) is 0 Å². The van der Waals surface area contributed by atoms with Gasteiger partial charge < -0.3 is 5.11 Å². The van der Waals surface area contributed by atoms with E-state index >= 15 is 0 Å². The van der Waals surface area contributed by atoms with Gasteiger partial charge in [-0.15, -0.1) is 11.3 Å². The van der Waals surface area contributed by atoms with Crippen molar-refractivity contribution in [2.45, 2.75) is 26.4 Å². The average molecular weight is 285 g/mol. The molecule has 1 unspecified atom stereocenters. The molecule has 1 heterocycles. The Morgan fingerprint density at radius 2 is 2.06 bits per heavy atom. The summed E-state index contributed by atoms with van der Waals surface area (Å²) in [6.07, 6.45) is -0.198. The Kier molecular flexibility index (Phi) is 4.05. The van der Waals surface area contributed by atoms with E-state index in [9.17, 15) is 9.50 Å². The van der Waals surface area contributed by atoms with Crippen molar-refractivity contribution in [1.82, 2.24) is 0 Å². The number of thiophene rings is 1. The van der Waals surface area contributed by atoms with Crippen LogP contribution in [0.2, 0.25) is 5.02 Å². The molecule has 2 aromatic rings. The zero-order valence-corrected chi connectivity index (χ0v) is 11.8. The van der Waals surface area contributed by atoms with Gasteiger partial charge in [-0.2, -0.15) is 0 Å². The third-order valence-corrected chi connectivity index (χ3v) is 4.49. The summed E-state index contributed by atoms with van der Waals surface area (Å²) in [6, 6.07) is 6.61. The highest BCUT2D eigenvalue weighted by Gasteiger charge is 2.13. The summed E-state index contributed by atoms with van der Waals surface area (Å²) >= 11 is 7.20. The molecule has 96 valence electrons. The first-order valence-corrected chi connectivity index (χ1v) is 6.85. The summed E-state index contributed by atoms with van der Waals surface area (Å²) in [7, 11) is 0. The van der Waals surface area contributed by atoms with Crippen LogP contribution in [0.4, 0.5) is 4.39 Å². The van der Waals surface area contributed by atoms with Gasteiger partial charge in [0.1, 0.15) is 5.82 Å². The maximum Gasteiger partial charge on any atom is 0.142 e.